The van der Waals surface area contributed by atoms with Gasteiger partial charge in [-0.25, -0.2) is 4.98 Å². The molecule has 0 spiro atoms. The molecule has 0 radical (unpaired) electrons. The fourth-order valence-electron chi connectivity index (χ4n) is 4.38. The van der Waals surface area contributed by atoms with Gasteiger partial charge in [-0.05, 0) is 48.9 Å². The summed E-state index contributed by atoms with van der Waals surface area (Å²) in [6, 6.07) is 10.5. The van der Waals surface area contributed by atoms with E-state index in [4.69, 9.17) is 4.98 Å². The van der Waals surface area contributed by atoms with E-state index in [0.717, 1.165) is 61.9 Å². The highest BCUT2D eigenvalue weighted by Crippen LogP contribution is 2.32. The lowest BCUT2D eigenvalue weighted by molar-refractivity contribution is -0.917. The van der Waals surface area contributed by atoms with Gasteiger partial charge in [0.15, 0.2) is 0 Å². The quantitative estimate of drug-likeness (QED) is 0.718. The topological polar surface area (TPSA) is 37.6 Å². The molecule has 1 saturated heterocycles. The molecule has 3 heterocycles. The third kappa shape index (κ3) is 3.61. The lowest BCUT2D eigenvalue weighted by Crippen LogP contribution is -3.13. The first-order valence-corrected chi connectivity index (χ1v) is 11.9. The monoisotopic (exact) mass is 412 g/mol. The van der Waals surface area contributed by atoms with Crippen LogP contribution in [0.3, 0.4) is 0 Å². The molecule has 0 bridgehead atoms. The van der Waals surface area contributed by atoms with Crippen molar-refractivity contribution in [1.29, 1.82) is 0 Å². The number of rotatable bonds is 3. The minimum Gasteiger partial charge on any atom is -0.327 e. The molecule has 1 atom stereocenters. The van der Waals surface area contributed by atoms with Crippen LogP contribution < -0.4 is 4.90 Å². The predicted octanol–water partition coefficient (Wildman–Crippen LogP) is 3.02. The highest BCUT2D eigenvalue weighted by atomic mass is 32.1. The van der Waals surface area contributed by atoms with Gasteiger partial charge in [-0.15, -0.1) is 22.7 Å². The number of hydrogen-bond donors (Lipinski definition) is 1. The van der Waals surface area contributed by atoms with Crippen LogP contribution in [0.25, 0.3) is 10.2 Å². The normalized spacial score (nSPS) is 20.5. The van der Waals surface area contributed by atoms with Gasteiger partial charge in [0.25, 0.3) is 5.91 Å². The third-order valence-corrected chi connectivity index (χ3v) is 8.30. The molecule has 3 aromatic rings. The SMILES string of the molecule is C[C@@H]1CCc2sc(C(=O)N3CC[NH+](Cc4nc5ccccc5s4)CC3)cc2C1. The zero-order valence-electron chi connectivity index (χ0n) is 16.2. The lowest BCUT2D eigenvalue weighted by Gasteiger charge is -2.31. The molecule has 4 nitrogen and oxygen atoms in total. The van der Waals surface area contributed by atoms with E-state index in [9.17, 15) is 4.79 Å². The number of hydrogen-bond acceptors (Lipinski definition) is 4. The molecule has 2 aliphatic rings. The zero-order valence-corrected chi connectivity index (χ0v) is 17.9. The van der Waals surface area contributed by atoms with E-state index in [2.05, 4.69) is 36.1 Å². The Morgan fingerprint density at radius 3 is 2.89 bits per heavy atom. The Morgan fingerprint density at radius 2 is 2.07 bits per heavy atom. The standard InChI is InChI=1S/C22H25N3OS2/c1-15-6-7-18-16(12-15)13-20(27-18)22(26)25-10-8-24(9-11-25)14-21-23-17-4-2-3-5-19(17)28-21/h2-5,13,15H,6-12,14H2,1H3/p+1/t15-/m1/s1. The maximum absolute atomic E-state index is 13.0. The lowest BCUT2D eigenvalue weighted by atomic mass is 9.90. The van der Waals surface area contributed by atoms with Crippen molar-refractivity contribution in [2.45, 2.75) is 32.7 Å². The van der Waals surface area contributed by atoms with Crippen LogP contribution in [0.2, 0.25) is 0 Å². The molecular formula is C22H26N3OS2+. The number of quaternary nitrogens is 1. The molecule has 1 aliphatic carbocycles. The van der Waals surface area contributed by atoms with Crippen molar-refractivity contribution in [3.8, 4) is 0 Å². The van der Waals surface area contributed by atoms with Crippen LogP contribution in [-0.4, -0.2) is 42.0 Å². The number of amides is 1. The fraction of sp³-hybridized carbons (Fsp3) is 0.455. The van der Waals surface area contributed by atoms with Crippen molar-refractivity contribution in [3.05, 3.63) is 50.7 Å². The second-order valence-corrected chi connectivity index (χ2v) is 10.5. The summed E-state index contributed by atoms with van der Waals surface area (Å²) in [6.07, 6.45) is 3.54. The third-order valence-electron chi connectivity index (χ3n) is 6.04. The molecule has 1 aromatic carbocycles. The molecule has 0 saturated carbocycles. The van der Waals surface area contributed by atoms with E-state index in [0.29, 0.717) is 0 Å². The van der Waals surface area contributed by atoms with Crippen molar-refractivity contribution in [2.24, 2.45) is 5.92 Å². The molecule has 146 valence electrons. The zero-order chi connectivity index (χ0) is 19.1. The molecule has 1 fully saturated rings. The van der Waals surface area contributed by atoms with Crippen LogP contribution in [-0.2, 0) is 19.4 Å². The number of fused-ring (bicyclic) bond motifs is 2. The van der Waals surface area contributed by atoms with E-state index in [1.165, 1.54) is 31.5 Å². The summed E-state index contributed by atoms with van der Waals surface area (Å²) >= 11 is 3.54. The molecule has 1 N–H and O–H groups in total. The summed E-state index contributed by atoms with van der Waals surface area (Å²) in [4.78, 5) is 23.8. The minimum absolute atomic E-state index is 0.242. The first-order valence-electron chi connectivity index (χ1n) is 10.2. The highest BCUT2D eigenvalue weighted by molar-refractivity contribution is 7.18. The largest absolute Gasteiger partial charge is 0.327 e. The summed E-state index contributed by atoms with van der Waals surface area (Å²) in [7, 11) is 0. The smallest absolute Gasteiger partial charge is 0.264 e. The number of piperazine rings is 1. The Balaban J connectivity index is 1.20. The molecule has 5 rings (SSSR count). The molecule has 1 aliphatic heterocycles. The van der Waals surface area contributed by atoms with Crippen molar-refractivity contribution in [2.75, 3.05) is 26.2 Å². The van der Waals surface area contributed by atoms with Gasteiger partial charge < -0.3 is 9.80 Å². The molecular weight excluding hydrogens is 386 g/mol. The van der Waals surface area contributed by atoms with Gasteiger partial charge in [0.05, 0.1) is 41.3 Å². The molecule has 28 heavy (non-hydrogen) atoms. The van der Waals surface area contributed by atoms with Gasteiger partial charge >= 0.3 is 0 Å². The van der Waals surface area contributed by atoms with Gasteiger partial charge in [0, 0.05) is 4.88 Å². The van der Waals surface area contributed by atoms with E-state index < -0.39 is 0 Å². The number of thiophene rings is 1. The molecule has 1 amide bonds. The van der Waals surface area contributed by atoms with Gasteiger partial charge in [-0.3, -0.25) is 4.79 Å². The van der Waals surface area contributed by atoms with Crippen LogP contribution in [0.1, 0.15) is 38.5 Å². The maximum atomic E-state index is 13.0. The van der Waals surface area contributed by atoms with E-state index >= 15 is 0 Å². The van der Waals surface area contributed by atoms with Crippen LogP contribution in [0, 0.1) is 5.92 Å². The minimum atomic E-state index is 0.242. The van der Waals surface area contributed by atoms with E-state index in [1.807, 2.05) is 6.07 Å². The fourth-order valence-corrected chi connectivity index (χ4v) is 6.59. The van der Waals surface area contributed by atoms with Crippen LogP contribution in [0.4, 0.5) is 0 Å². The number of thiazole rings is 1. The maximum Gasteiger partial charge on any atom is 0.264 e. The second kappa shape index (κ2) is 7.58. The predicted molar refractivity (Wildman–Crippen MR) is 115 cm³/mol. The first-order chi connectivity index (χ1) is 13.7. The van der Waals surface area contributed by atoms with Gasteiger partial charge in [0.1, 0.15) is 11.6 Å². The van der Waals surface area contributed by atoms with E-state index in [1.54, 1.807) is 22.7 Å². The Morgan fingerprint density at radius 1 is 1.25 bits per heavy atom. The number of aromatic nitrogens is 1. The van der Waals surface area contributed by atoms with E-state index in [-0.39, 0.29) is 5.91 Å². The number of carbonyl (C=O) groups excluding carboxylic acids is 1. The summed E-state index contributed by atoms with van der Waals surface area (Å²) in [5.74, 6) is 0.991. The number of aryl methyl sites for hydroxylation is 1. The number of nitrogens with one attached hydrogen (secondary N) is 1. The van der Waals surface area contributed by atoms with Crippen molar-refractivity contribution < 1.29 is 9.69 Å². The number of benzene rings is 1. The van der Waals surface area contributed by atoms with Gasteiger partial charge in [-0.1, -0.05) is 19.1 Å². The summed E-state index contributed by atoms with van der Waals surface area (Å²) < 4.78 is 1.27. The number of carbonyl (C=O) groups is 1. The van der Waals surface area contributed by atoms with Gasteiger partial charge in [-0.2, -0.15) is 0 Å². The molecule has 0 unspecified atom stereocenters. The summed E-state index contributed by atoms with van der Waals surface area (Å²) in [5, 5.41) is 1.20. The van der Waals surface area contributed by atoms with Crippen LogP contribution >= 0.6 is 22.7 Å². The average Bonchev–Trinajstić information content (AvgIpc) is 3.31. The van der Waals surface area contributed by atoms with Crippen LogP contribution in [0.5, 0.6) is 0 Å². The number of para-hydroxylation sites is 1. The summed E-state index contributed by atoms with van der Waals surface area (Å²) in [5.41, 5.74) is 2.53. The van der Waals surface area contributed by atoms with Crippen molar-refractivity contribution in [1.82, 2.24) is 9.88 Å². The van der Waals surface area contributed by atoms with Crippen molar-refractivity contribution in [3.63, 3.8) is 0 Å². The Labute approximate surface area is 173 Å². The Hall–Kier alpha value is -1.76. The Bertz CT molecular complexity index is 967. The van der Waals surface area contributed by atoms with Gasteiger partial charge in [0.2, 0.25) is 0 Å². The highest BCUT2D eigenvalue weighted by Gasteiger charge is 2.28. The molecule has 6 heteroatoms. The molecule has 2 aromatic heterocycles. The number of nitrogens with zero attached hydrogens (tertiary/aromatic N) is 2. The average molecular weight is 413 g/mol. The Kier molecular flexibility index (Phi) is 4.95. The summed E-state index contributed by atoms with van der Waals surface area (Å²) in [6.45, 7) is 6.98. The van der Waals surface area contributed by atoms with Crippen molar-refractivity contribution >= 4 is 38.8 Å². The van der Waals surface area contributed by atoms with Crippen LogP contribution in [0.15, 0.2) is 30.3 Å². The first kappa shape index (κ1) is 18.3. The second-order valence-electron chi connectivity index (χ2n) is 8.20.